The van der Waals surface area contributed by atoms with Crippen LogP contribution in [0.25, 0.3) is 0 Å². The van der Waals surface area contributed by atoms with Crippen molar-refractivity contribution in [1.29, 1.82) is 0 Å². The molecule has 3 unspecified atom stereocenters. The Morgan fingerprint density at radius 3 is 3.05 bits per heavy atom. The van der Waals surface area contributed by atoms with E-state index in [1.54, 1.807) is 11.8 Å². The van der Waals surface area contributed by atoms with E-state index in [1.165, 1.54) is 43.8 Å². The highest BCUT2D eigenvalue weighted by molar-refractivity contribution is 7.99. The molecule has 0 spiro atoms. The van der Waals surface area contributed by atoms with Gasteiger partial charge in [-0.25, -0.2) is 0 Å². The first kappa shape index (κ1) is 13.6. The smallest absolute Gasteiger partial charge is 0.260 e. The summed E-state index contributed by atoms with van der Waals surface area (Å²) in [6.45, 7) is 3.37. The number of nitrogens with zero attached hydrogens (tertiary/aromatic N) is 2. The van der Waals surface area contributed by atoms with Gasteiger partial charge in [0.15, 0.2) is 5.03 Å². The highest BCUT2D eigenvalue weighted by Gasteiger charge is 2.37. The Morgan fingerprint density at radius 1 is 1.42 bits per heavy atom. The number of ether oxygens (including phenoxy) is 1. The van der Waals surface area contributed by atoms with E-state index in [-0.39, 0.29) is 0 Å². The fourth-order valence-electron chi connectivity index (χ4n) is 2.87. The topological polar surface area (TPSA) is 47.0 Å². The van der Waals surface area contributed by atoms with Gasteiger partial charge in [0.1, 0.15) is 6.10 Å². The van der Waals surface area contributed by atoms with Crippen molar-refractivity contribution in [2.75, 3.05) is 12.3 Å². The van der Waals surface area contributed by atoms with Crippen LogP contribution in [0.15, 0.2) is 5.03 Å². The van der Waals surface area contributed by atoms with Crippen LogP contribution in [0.4, 0.5) is 0 Å². The Hall–Kier alpha value is -0.330. The number of hydrogen-bond acceptors (Lipinski definition) is 6. The molecular weight excluding hydrogens is 278 g/mol. The van der Waals surface area contributed by atoms with E-state index in [1.807, 2.05) is 0 Å². The fraction of sp³-hybridized carbons (Fsp3) is 0.846. The summed E-state index contributed by atoms with van der Waals surface area (Å²) in [5, 5.41) is 4.56. The maximum absolute atomic E-state index is 6.14. The average Bonchev–Trinajstić information content (AvgIpc) is 2.88. The number of fused-ring (bicyclic) bond motifs is 3. The SMILES string of the molecule is CCCCSc1nsnc1OC1CC2CCC1NC2. The maximum Gasteiger partial charge on any atom is 0.260 e. The Balaban J connectivity index is 1.59. The lowest BCUT2D eigenvalue weighted by atomic mass is 9.79. The second kappa shape index (κ2) is 6.41. The third-order valence-electron chi connectivity index (χ3n) is 4.00. The Morgan fingerprint density at radius 2 is 2.37 bits per heavy atom. The predicted molar refractivity (Wildman–Crippen MR) is 79.1 cm³/mol. The highest BCUT2D eigenvalue weighted by Crippen LogP contribution is 2.34. The molecule has 2 aliphatic heterocycles. The number of thioether (sulfide) groups is 1. The van der Waals surface area contributed by atoms with Crippen LogP contribution < -0.4 is 10.1 Å². The number of aromatic nitrogens is 2. The van der Waals surface area contributed by atoms with Gasteiger partial charge < -0.3 is 10.1 Å². The molecule has 2 saturated heterocycles. The molecule has 0 amide bonds. The molecule has 1 N–H and O–H groups in total. The van der Waals surface area contributed by atoms with Gasteiger partial charge in [0.25, 0.3) is 5.88 Å². The second-order valence-electron chi connectivity index (χ2n) is 5.43. The lowest BCUT2D eigenvalue weighted by molar-refractivity contribution is 0.0450. The molecule has 1 aromatic rings. The molecule has 3 atom stereocenters. The molecule has 0 aromatic carbocycles. The minimum atomic E-state index is 0.293. The van der Waals surface area contributed by atoms with Crippen LogP contribution in [0.5, 0.6) is 5.88 Å². The van der Waals surface area contributed by atoms with Crippen molar-refractivity contribution in [3.8, 4) is 5.88 Å². The van der Waals surface area contributed by atoms with Crippen LogP contribution >= 0.6 is 23.5 Å². The zero-order chi connectivity index (χ0) is 13.1. The van der Waals surface area contributed by atoms with Gasteiger partial charge in [0, 0.05) is 6.04 Å². The molecule has 2 bridgehead atoms. The van der Waals surface area contributed by atoms with E-state index in [0.717, 1.165) is 29.1 Å². The second-order valence-corrected chi connectivity index (χ2v) is 7.04. The van der Waals surface area contributed by atoms with Crippen LogP contribution in [0, 0.1) is 5.92 Å². The molecule has 0 radical (unpaired) electrons. The minimum Gasteiger partial charge on any atom is -0.470 e. The monoisotopic (exact) mass is 299 g/mol. The first-order valence-corrected chi connectivity index (χ1v) is 8.93. The van der Waals surface area contributed by atoms with Crippen molar-refractivity contribution in [2.24, 2.45) is 5.92 Å². The summed E-state index contributed by atoms with van der Waals surface area (Å²) in [7, 11) is 0. The third kappa shape index (κ3) is 3.23. The standard InChI is InChI=1S/C13H21N3OS2/c1-2-3-6-18-13-12(15-19-16-13)17-11-7-9-4-5-10(11)14-8-9/h9-11,14H,2-8H2,1H3. The summed E-state index contributed by atoms with van der Waals surface area (Å²) in [4.78, 5) is 0. The Bertz CT molecular complexity index is 404. The van der Waals surface area contributed by atoms with Crippen molar-refractivity contribution >= 4 is 23.5 Å². The van der Waals surface area contributed by atoms with Gasteiger partial charge in [-0.15, -0.1) is 4.37 Å². The molecule has 1 aromatic heterocycles. The fourth-order valence-corrected chi connectivity index (χ4v) is 4.48. The maximum atomic E-state index is 6.14. The largest absolute Gasteiger partial charge is 0.470 e. The zero-order valence-corrected chi connectivity index (χ0v) is 12.9. The first-order chi connectivity index (χ1) is 9.36. The van der Waals surface area contributed by atoms with Crippen molar-refractivity contribution in [2.45, 2.75) is 56.2 Å². The average molecular weight is 299 g/mol. The minimum absolute atomic E-state index is 0.293. The van der Waals surface area contributed by atoms with Crippen LogP contribution in [-0.2, 0) is 0 Å². The van der Waals surface area contributed by atoms with Crippen molar-refractivity contribution in [1.82, 2.24) is 14.1 Å². The van der Waals surface area contributed by atoms with Gasteiger partial charge in [-0.2, -0.15) is 4.37 Å². The van der Waals surface area contributed by atoms with Crippen LogP contribution in [-0.4, -0.2) is 33.2 Å². The molecule has 1 aliphatic carbocycles. The van der Waals surface area contributed by atoms with E-state index in [9.17, 15) is 0 Å². The summed E-state index contributed by atoms with van der Waals surface area (Å²) in [6, 6.07) is 0.514. The van der Waals surface area contributed by atoms with E-state index in [0.29, 0.717) is 12.1 Å². The molecular formula is C13H21N3OS2. The summed E-state index contributed by atoms with van der Waals surface area (Å²) in [5.41, 5.74) is 0. The van der Waals surface area contributed by atoms with E-state index < -0.39 is 0 Å². The Labute approximate surface area is 123 Å². The molecule has 3 aliphatic rings. The number of hydrogen-bond donors (Lipinski definition) is 1. The number of rotatable bonds is 6. The van der Waals surface area contributed by atoms with Gasteiger partial charge in [-0.05, 0) is 43.9 Å². The van der Waals surface area contributed by atoms with Crippen molar-refractivity contribution in [3.05, 3.63) is 0 Å². The van der Waals surface area contributed by atoms with Crippen LogP contribution in [0.1, 0.15) is 39.0 Å². The molecule has 3 fully saturated rings. The number of nitrogens with one attached hydrogen (secondary N) is 1. The summed E-state index contributed by atoms with van der Waals surface area (Å²) >= 11 is 3.04. The van der Waals surface area contributed by atoms with Crippen LogP contribution in [0.3, 0.4) is 0 Å². The quantitative estimate of drug-likeness (QED) is 0.646. The lowest BCUT2D eigenvalue weighted by Crippen LogP contribution is -2.55. The molecule has 19 heavy (non-hydrogen) atoms. The van der Waals surface area contributed by atoms with E-state index in [4.69, 9.17) is 4.74 Å². The molecule has 1 saturated carbocycles. The first-order valence-electron chi connectivity index (χ1n) is 7.22. The lowest BCUT2D eigenvalue weighted by Gasteiger charge is -2.42. The van der Waals surface area contributed by atoms with Crippen LogP contribution in [0.2, 0.25) is 0 Å². The summed E-state index contributed by atoms with van der Waals surface area (Å²) < 4.78 is 14.8. The van der Waals surface area contributed by atoms with Gasteiger partial charge in [-0.3, -0.25) is 0 Å². The van der Waals surface area contributed by atoms with Gasteiger partial charge in [-0.1, -0.05) is 25.1 Å². The highest BCUT2D eigenvalue weighted by atomic mass is 32.2. The molecule has 4 rings (SSSR count). The third-order valence-corrected chi connectivity index (χ3v) is 5.66. The molecule has 3 heterocycles. The van der Waals surface area contributed by atoms with Gasteiger partial charge in [0.2, 0.25) is 0 Å². The number of piperidine rings is 2. The number of unbranched alkanes of at least 4 members (excludes halogenated alkanes) is 1. The Kier molecular flexibility index (Phi) is 4.61. The zero-order valence-electron chi connectivity index (χ0n) is 11.3. The van der Waals surface area contributed by atoms with Gasteiger partial charge >= 0.3 is 0 Å². The summed E-state index contributed by atoms with van der Waals surface area (Å²) in [6.07, 6.45) is 6.50. The summed E-state index contributed by atoms with van der Waals surface area (Å²) in [5.74, 6) is 2.66. The molecule has 6 heteroatoms. The molecule has 106 valence electrons. The molecule has 4 nitrogen and oxygen atoms in total. The normalized spacial score (nSPS) is 29.6. The van der Waals surface area contributed by atoms with E-state index >= 15 is 0 Å². The van der Waals surface area contributed by atoms with Crippen molar-refractivity contribution in [3.63, 3.8) is 0 Å². The predicted octanol–water partition coefficient (Wildman–Crippen LogP) is 2.95. The van der Waals surface area contributed by atoms with Gasteiger partial charge in [0.05, 0.1) is 11.7 Å². The van der Waals surface area contributed by atoms with E-state index in [2.05, 4.69) is 21.0 Å². The van der Waals surface area contributed by atoms with Crippen molar-refractivity contribution < 1.29 is 4.74 Å².